The number of carboxylic acid groups (broad SMARTS) is 1. The molecule has 39 heavy (non-hydrogen) atoms. The van der Waals surface area contributed by atoms with Gasteiger partial charge in [0.15, 0.2) is 5.11 Å². The minimum Gasteiger partial charge on any atom is -0.478 e. The minimum absolute atomic E-state index is 0.127. The molecule has 0 unspecified atom stereocenters. The summed E-state index contributed by atoms with van der Waals surface area (Å²) < 4.78 is 1.95. The first-order valence-corrected chi connectivity index (χ1v) is 13.1. The van der Waals surface area contributed by atoms with Gasteiger partial charge in [0.25, 0.3) is 0 Å². The maximum Gasteiger partial charge on any atom is 0.335 e. The fraction of sp³-hybridized carbons (Fsp3) is 0.172. The number of nitrogens with zero attached hydrogens (tertiary/aromatic N) is 3. The lowest BCUT2D eigenvalue weighted by molar-refractivity contribution is -0.118. The second kappa shape index (κ2) is 10.9. The molecule has 10 heteroatoms. The number of aromatic nitrogens is 2. The summed E-state index contributed by atoms with van der Waals surface area (Å²) in [7, 11) is 0. The van der Waals surface area contributed by atoms with Crippen LogP contribution in [0, 0.1) is 5.92 Å². The Morgan fingerprint density at radius 3 is 2.56 bits per heavy atom. The molecule has 1 amide bonds. The van der Waals surface area contributed by atoms with E-state index in [4.69, 9.17) is 23.8 Å². The highest BCUT2D eigenvalue weighted by Gasteiger charge is 2.42. The monoisotopic (exact) mass is 559 g/mol. The maximum absolute atomic E-state index is 12.2. The first-order valence-electron chi connectivity index (χ1n) is 12.4. The van der Waals surface area contributed by atoms with Gasteiger partial charge >= 0.3 is 5.97 Å². The number of thiocarbonyl (C=S) groups is 1. The second-order valence-corrected chi connectivity index (χ2v) is 10.3. The number of anilines is 2. The molecule has 0 bridgehead atoms. The van der Waals surface area contributed by atoms with Crippen LogP contribution < -0.4 is 15.5 Å². The third-order valence-corrected chi connectivity index (χ3v) is 7.19. The predicted octanol–water partition coefficient (Wildman–Crippen LogP) is 6.00. The summed E-state index contributed by atoms with van der Waals surface area (Å²) >= 11 is 12.5. The number of aromatic carboxylic acids is 1. The Labute approximate surface area is 236 Å². The summed E-state index contributed by atoms with van der Waals surface area (Å²) in [5, 5.41) is 16.7. The third-order valence-electron chi connectivity index (χ3n) is 6.57. The van der Waals surface area contributed by atoms with E-state index in [1.807, 2.05) is 72.0 Å². The van der Waals surface area contributed by atoms with E-state index in [-0.39, 0.29) is 29.5 Å². The van der Waals surface area contributed by atoms with Crippen LogP contribution in [0.3, 0.4) is 0 Å². The zero-order valence-corrected chi connectivity index (χ0v) is 22.8. The number of carboxylic acids is 1. The van der Waals surface area contributed by atoms with Crippen molar-refractivity contribution in [3.8, 4) is 5.69 Å². The highest BCUT2D eigenvalue weighted by molar-refractivity contribution is 7.80. The Bertz CT molecular complexity index is 1560. The number of hydrogen-bond acceptors (Lipinski definition) is 4. The number of benzene rings is 2. The van der Waals surface area contributed by atoms with Crippen molar-refractivity contribution in [2.75, 3.05) is 10.2 Å². The Kier molecular flexibility index (Phi) is 7.36. The molecule has 3 N–H and O–H groups in total. The van der Waals surface area contributed by atoms with Crippen LogP contribution in [-0.2, 0) is 4.79 Å². The number of hydrogen-bond donors (Lipinski definition) is 3. The van der Waals surface area contributed by atoms with Gasteiger partial charge in [-0.3, -0.25) is 9.78 Å². The zero-order chi connectivity index (χ0) is 27.7. The maximum atomic E-state index is 12.2. The van der Waals surface area contributed by atoms with Crippen LogP contribution in [0.1, 0.15) is 47.7 Å². The van der Waals surface area contributed by atoms with Gasteiger partial charge in [-0.25, -0.2) is 4.79 Å². The summed E-state index contributed by atoms with van der Waals surface area (Å²) in [6, 6.07) is 21.1. The lowest BCUT2D eigenvalue weighted by Gasteiger charge is -2.29. The summed E-state index contributed by atoms with van der Waals surface area (Å²) in [5.41, 5.74) is 3.81. The fourth-order valence-electron chi connectivity index (χ4n) is 4.62. The van der Waals surface area contributed by atoms with Crippen molar-refractivity contribution >= 4 is 52.2 Å². The van der Waals surface area contributed by atoms with Crippen LogP contribution >= 0.6 is 23.8 Å². The van der Waals surface area contributed by atoms with Crippen LogP contribution in [0.5, 0.6) is 0 Å². The van der Waals surface area contributed by atoms with Crippen molar-refractivity contribution in [3.05, 3.63) is 107 Å². The standard InChI is InChI=1S/C29H26ClN5O3S/c1-17(2)27(36)32-22-12-11-20(16-21(22)30)35-26(25(33-29(35)39)23-9-3-4-13-31-23)24-10-6-14-34(24)19-8-5-7-18(15-19)28(37)38/h3-17,25-26H,1-2H3,(H,32,36)(H,33,39)(H,37,38)/t25-,26-/m0/s1. The normalized spacial score (nSPS) is 16.8. The van der Waals surface area contributed by atoms with Gasteiger partial charge in [0, 0.05) is 35.4 Å². The quantitative estimate of drug-likeness (QED) is 0.239. The molecule has 3 heterocycles. The summed E-state index contributed by atoms with van der Waals surface area (Å²) in [5.74, 6) is -1.31. The molecule has 2 aromatic heterocycles. The van der Waals surface area contributed by atoms with Crippen molar-refractivity contribution in [1.82, 2.24) is 14.9 Å². The van der Waals surface area contributed by atoms with E-state index in [1.165, 1.54) is 0 Å². The molecule has 0 saturated carbocycles. The molecule has 198 valence electrons. The number of carbonyl (C=O) groups is 2. The third kappa shape index (κ3) is 5.23. The average Bonchev–Trinajstić information content (AvgIpc) is 3.54. The molecular formula is C29H26ClN5O3S. The molecule has 5 rings (SSSR count). The highest BCUT2D eigenvalue weighted by Crippen LogP contribution is 2.43. The fourth-order valence-corrected chi connectivity index (χ4v) is 5.19. The predicted molar refractivity (Wildman–Crippen MR) is 156 cm³/mol. The molecular weight excluding hydrogens is 534 g/mol. The van der Waals surface area contributed by atoms with Crippen LogP contribution in [0.15, 0.2) is 85.2 Å². The molecule has 4 aromatic rings. The lowest BCUT2D eigenvalue weighted by atomic mass is 10.0. The molecule has 1 saturated heterocycles. The molecule has 2 atom stereocenters. The Morgan fingerprint density at radius 1 is 1.05 bits per heavy atom. The average molecular weight is 560 g/mol. The number of pyridine rings is 1. The first kappa shape index (κ1) is 26.4. The van der Waals surface area contributed by atoms with Gasteiger partial charge in [-0.1, -0.05) is 37.6 Å². The molecule has 0 aliphatic carbocycles. The molecule has 1 fully saturated rings. The van der Waals surface area contributed by atoms with Gasteiger partial charge in [-0.15, -0.1) is 0 Å². The SMILES string of the molecule is CC(C)C(=O)Nc1ccc(N2C(=S)N[C@@H](c3ccccn3)[C@@H]2c2cccn2-c2cccc(C(=O)O)c2)cc1Cl. The van der Waals surface area contributed by atoms with Crippen molar-refractivity contribution < 1.29 is 14.7 Å². The summed E-state index contributed by atoms with van der Waals surface area (Å²) in [4.78, 5) is 30.5. The number of nitrogens with one attached hydrogen (secondary N) is 2. The molecule has 0 spiro atoms. The van der Waals surface area contributed by atoms with E-state index < -0.39 is 5.97 Å². The smallest absolute Gasteiger partial charge is 0.335 e. The highest BCUT2D eigenvalue weighted by atomic mass is 35.5. The Hall–Kier alpha value is -4.21. The number of halogens is 1. The first-order chi connectivity index (χ1) is 18.7. The van der Waals surface area contributed by atoms with Crippen LogP contribution in [0.25, 0.3) is 5.69 Å². The van der Waals surface area contributed by atoms with Gasteiger partial charge in [-0.05, 0) is 72.9 Å². The molecule has 2 aromatic carbocycles. The van der Waals surface area contributed by atoms with Crippen LogP contribution in [0.4, 0.5) is 11.4 Å². The van der Waals surface area contributed by atoms with Crippen molar-refractivity contribution in [2.24, 2.45) is 5.92 Å². The van der Waals surface area contributed by atoms with E-state index in [1.54, 1.807) is 36.5 Å². The van der Waals surface area contributed by atoms with E-state index in [2.05, 4.69) is 15.6 Å². The lowest BCUT2D eigenvalue weighted by Crippen LogP contribution is -2.30. The van der Waals surface area contributed by atoms with E-state index >= 15 is 0 Å². The topological polar surface area (TPSA) is 99.5 Å². The Morgan fingerprint density at radius 2 is 1.87 bits per heavy atom. The van der Waals surface area contributed by atoms with Crippen LogP contribution in [0.2, 0.25) is 5.02 Å². The summed E-state index contributed by atoms with van der Waals surface area (Å²) in [6.07, 6.45) is 3.63. The van der Waals surface area contributed by atoms with Gasteiger partial charge in [0.05, 0.1) is 28.0 Å². The molecule has 1 aliphatic heterocycles. The van der Waals surface area contributed by atoms with Gasteiger partial charge in [0.1, 0.15) is 6.04 Å². The molecule has 0 radical (unpaired) electrons. The van der Waals surface area contributed by atoms with Gasteiger partial charge in [0.2, 0.25) is 5.91 Å². The Balaban J connectivity index is 1.61. The number of rotatable bonds is 7. The van der Waals surface area contributed by atoms with E-state index in [0.29, 0.717) is 21.5 Å². The van der Waals surface area contributed by atoms with E-state index in [9.17, 15) is 14.7 Å². The molecule has 1 aliphatic rings. The van der Waals surface area contributed by atoms with Crippen molar-refractivity contribution in [3.63, 3.8) is 0 Å². The van der Waals surface area contributed by atoms with Crippen molar-refractivity contribution in [1.29, 1.82) is 0 Å². The second-order valence-electron chi connectivity index (χ2n) is 9.46. The summed E-state index contributed by atoms with van der Waals surface area (Å²) in [6.45, 7) is 3.63. The number of carbonyl (C=O) groups excluding carboxylic acids is 1. The number of amides is 1. The van der Waals surface area contributed by atoms with Gasteiger partial charge < -0.3 is 25.2 Å². The minimum atomic E-state index is -0.999. The van der Waals surface area contributed by atoms with E-state index in [0.717, 1.165) is 17.1 Å². The van der Waals surface area contributed by atoms with Crippen molar-refractivity contribution in [2.45, 2.75) is 25.9 Å². The largest absolute Gasteiger partial charge is 0.478 e. The van der Waals surface area contributed by atoms with Crippen LogP contribution in [-0.4, -0.2) is 31.6 Å². The zero-order valence-electron chi connectivity index (χ0n) is 21.2. The van der Waals surface area contributed by atoms with Gasteiger partial charge in [-0.2, -0.15) is 0 Å². The molecule has 8 nitrogen and oxygen atoms in total.